The van der Waals surface area contributed by atoms with Gasteiger partial charge in [0.05, 0.1) is 24.3 Å². The number of hydrogen-bond acceptors (Lipinski definition) is 7. The van der Waals surface area contributed by atoms with Crippen molar-refractivity contribution in [2.45, 2.75) is 55.3 Å². The molecule has 4 aliphatic rings. The van der Waals surface area contributed by atoms with Gasteiger partial charge in [-0.05, 0) is 50.4 Å². The van der Waals surface area contributed by atoms with E-state index in [0.717, 1.165) is 6.42 Å². The largest absolute Gasteiger partial charge is 0.691 e. The summed E-state index contributed by atoms with van der Waals surface area (Å²) in [6.07, 6.45) is -1.88. The molecule has 0 aromatic heterocycles. The van der Waals surface area contributed by atoms with Gasteiger partial charge in [-0.25, -0.2) is 9.18 Å². The SMILES string of the molecule is O=C(OCC12CC3CC(CC(O)(C3)C1)C2)C(F)(SOO[O-])C(F)(F)F. The molecule has 3 unspecified atom stereocenters. The zero-order valence-corrected chi connectivity index (χ0v) is 13.8. The highest BCUT2D eigenvalue weighted by Crippen LogP contribution is 2.61. The Morgan fingerprint density at radius 1 is 1.20 bits per heavy atom. The minimum atomic E-state index is -5.66. The molecule has 3 atom stereocenters. The summed E-state index contributed by atoms with van der Waals surface area (Å²) in [5.41, 5.74) is -1.52. The van der Waals surface area contributed by atoms with E-state index in [0.29, 0.717) is 32.1 Å². The van der Waals surface area contributed by atoms with Crippen LogP contribution >= 0.6 is 12.0 Å². The van der Waals surface area contributed by atoms with Gasteiger partial charge in [-0.2, -0.15) is 17.5 Å². The molecule has 0 saturated heterocycles. The molecule has 6 nitrogen and oxygen atoms in total. The molecular formula is C14H17F4O6S-. The van der Waals surface area contributed by atoms with Crippen molar-refractivity contribution in [3.05, 3.63) is 0 Å². The van der Waals surface area contributed by atoms with Crippen LogP contribution in [0.1, 0.15) is 38.5 Å². The Morgan fingerprint density at radius 3 is 2.28 bits per heavy atom. The van der Waals surface area contributed by atoms with Crippen LogP contribution in [0.5, 0.6) is 0 Å². The Morgan fingerprint density at radius 2 is 1.80 bits per heavy atom. The van der Waals surface area contributed by atoms with Crippen molar-refractivity contribution >= 4 is 18.0 Å². The molecule has 4 rings (SSSR count). The van der Waals surface area contributed by atoms with Crippen molar-refractivity contribution in [3.63, 3.8) is 0 Å². The average molecular weight is 389 g/mol. The van der Waals surface area contributed by atoms with E-state index in [1.807, 2.05) is 0 Å². The molecule has 4 saturated carbocycles. The summed E-state index contributed by atoms with van der Waals surface area (Å²) in [5, 5.41) is 18.4. The number of alkyl halides is 4. The van der Waals surface area contributed by atoms with Gasteiger partial charge >= 0.3 is 17.1 Å². The van der Waals surface area contributed by atoms with Gasteiger partial charge in [0, 0.05) is 5.41 Å². The van der Waals surface area contributed by atoms with Crippen LogP contribution < -0.4 is 5.26 Å². The first-order valence-corrected chi connectivity index (χ1v) is 8.55. The maximum absolute atomic E-state index is 14.1. The minimum absolute atomic E-state index is 0.231. The van der Waals surface area contributed by atoms with E-state index in [9.17, 15) is 32.7 Å². The lowest BCUT2D eigenvalue weighted by Gasteiger charge is -2.59. The summed E-state index contributed by atoms with van der Waals surface area (Å²) < 4.78 is 60.7. The lowest BCUT2D eigenvalue weighted by molar-refractivity contribution is -0.777. The van der Waals surface area contributed by atoms with Gasteiger partial charge in [0.25, 0.3) is 0 Å². The number of ether oxygens (including phenoxy) is 1. The average Bonchev–Trinajstić information content (AvgIpc) is 2.46. The summed E-state index contributed by atoms with van der Waals surface area (Å²) in [6.45, 7) is -0.415. The van der Waals surface area contributed by atoms with Crippen molar-refractivity contribution in [2.24, 2.45) is 17.3 Å². The summed E-state index contributed by atoms with van der Waals surface area (Å²) in [6, 6.07) is 0. The number of aliphatic hydroxyl groups is 1. The third kappa shape index (κ3) is 3.48. The first-order chi connectivity index (χ1) is 11.5. The zero-order chi connectivity index (χ0) is 18.5. The highest BCUT2D eigenvalue weighted by atomic mass is 32.2. The molecule has 0 aromatic carbocycles. The number of hydrogen-bond donors (Lipinski definition) is 1. The Kier molecular flexibility index (Phi) is 4.77. The number of carbonyl (C=O) groups is 1. The zero-order valence-electron chi connectivity index (χ0n) is 13.0. The molecule has 0 aliphatic heterocycles. The second-order valence-corrected chi connectivity index (χ2v) is 8.44. The van der Waals surface area contributed by atoms with E-state index < -0.39 is 46.8 Å². The molecule has 1 N–H and O–H groups in total. The smallest absolute Gasteiger partial charge is 0.446 e. The Labute approximate surface area is 144 Å². The summed E-state index contributed by atoms with van der Waals surface area (Å²) in [5.74, 6) is -1.74. The monoisotopic (exact) mass is 389 g/mol. The second kappa shape index (κ2) is 6.22. The van der Waals surface area contributed by atoms with Crippen LogP contribution in [0.3, 0.4) is 0 Å². The maximum atomic E-state index is 14.1. The lowest BCUT2D eigenvalue weighted by Crippen LogP contribution is -2.57. The van der Waals surface area contributed by atoms with Crippen LogP contribution in [-0.2, 0) is 18.9 Å². The molecule has 0 radical (unpaired) electrons. The fraction of sp³-hybridized carbons (Fsp3) is 0.929. The standard InChI is InChI=1S/C14H18F4O6S/c15-13(14(16,17)18,25-24-23-21)10(19)22-7-11-2-8-1-9(3-11)5-12(20,4-8)6-11/h8-9,20-21H,1-7H2/p-1. The molecule has 4 bridgehead atoms. The topological polar surface area (TPSA) is 88.1 Å². The van der Waals surface area contributed by atoms with Crippen LogP contribution in [0, 0.1) is 17.3 Å². The van der Waals surface area contributed by atoms with E-state index in [-0.39, 0.29) is 11.8 Å². The molecule has 25 heavy (non-hydrogen) atoms. The molecule has 4 fully saturated rings. The molecule has 0 amide bonds. The van der Waals surface area contributed by atoms with Crippen LogP contribution in [0.25, 0.3) is 0 Å². The van der Waals surface area contributed by atoms with Crippen LogP contribution in [0.4, 0.5) is 17.6 Å². The summed E-state index contributed by atoms with van der Waals surface area (Å²) in [4.78, 5) is 11.8. The maximum Gasteiger partial charge on any atom is 0.446 e. The molecule has 4 aliphatic carbocycles. The highest BCUT2D eigenvalue weighted by Gasteiger charge is 2.66. The van der Waals surface area contributed by atoms with Crippen molar-refractivity contribution in [1.29, 1.82) is 0 Å². The van der Waals surface area contributed by atoms with Crippen molar-refractivity contribution < 1.29 is 46.8 Å². The first kappa shape index (κ1) is 19.2. The van der Waals surface area contributed by atoms with Gasteiger partial charge in [0.15, 0.2) is 0 Å². The third-order valence-corrected chi connectivity index (χ3v) is 6.22. The van der Waals surface area contributed by atoms with E-state index in [2.05, 4.69) is 14.1 Å². The molecule has 0 aromatic rings. The van der Waals surface area contributed by atoms with Gasteiger partial charge in [-0.1, -0.05) is 0 Å². The quantitative estimate of drug-likeness (QED) is 0.244. The highest BCUT2D eigenvalue weighted by molar-refractivity contribution is 7.96. The van der Waals surface area contributed by atoms with Gasteiger partial charge < -0.3 is 15.1 Å². The number of carbonyl (C=O) groups excluding carboxylic acids is 1. The van der Waals surface area contributed by atoms with E-state index in [4.69, 9.17) is 0 Å². The van der Waals surface area contributed by atoms with Crippen molar-refractivity contribution in [3.8, 4) is 0 Å². The second-order valence-electron chi connectivity index (χ2n) is 7.57. The van der Waals surface area contributed by atoms with Crippen LogP contribution in [-0.4, -0.2) is 34.5 Å². The third-order valence-electron chi connectivity index (χ3n) is 5.46. The molecule has 0 heterocycles. The van der Waals surface area contributed by atoms with Gasteiger partial charge in [-0.3, -0.25) is 5.04 Å². The van der Waals surface area contributed by atoms with Gasteiger partial charge in [0.2, 0.25) is 0 Å². The number of esters is 1. The fourth-order valence-corrected chi connectivity index (χ4v) is 5.48. The Bertz CT molecular complexity index is 530. The minimum Gasteiger partial charge on any atom is -0.691 e. The van der Waals surface area contributed by atoms with Crippen LogP contribution in [0.2, 0.25) is 0 Å². The molecule has 144 valence electrons. The van der Waals surface area contributed by atoms with E-state index in [1.165, 1.54) is 0 Å². The van der Waals surface area contributed by atoms with Gasteiger partial charge in [-0.15, -0.1) is 0 Å². The normalized spacial score (nSPS) is 39.3. The van der Waals surface area contributed by atoms with Gasteiger partial charge in [0.1, 0.15) is 0 Å². The Hall–Kier alpha value is -0.620. The predicted octanol–water partition coefficient (Wildman–Crippen LogP) is 1.96. The first-order valence-electron chi connectivity index (χ1n) is 7.80. The summed E-state index contributed by atoms with van der Waals surface area (Å²) in [7, 11) is 0. The van der Waals surface area contributed by atoms with E-state index >= 15 is 0 Å². The van der Waals surface area contributed by atoms with Crippen molar-refractivity contribution in [2.75, 3.05) is 6.61 Å². The van der Waals surface area contributed by atoms with Crippen LogP contribution in [0.15, 0.2) is 0 Å². The molecule has 0 spiro atoms. The fourth-order valence-electron chi connectivity index (χ4n) is 5.14. The number of rotatable bonds is 6. The molecule has 11 heteroatoms. The van der Waals surface area contributed by atoms with E-state index in [1.54, 1.807) is 0 Å². The van der Waals surface area contributed by atoms with Crippen molar-refractivity contribution in [1.82, 2.24) is 0 Å². The number of halogens is 4. The lowest BCUT2D eigenvalue weighted by atomic mass is 9.48. The Balaban J connectivity index is 1.69. The summed E-state index contributed by atoms with van der Waals surface area (Å²) >= 11 is -1.10. The predicted molar refractivity (Wildman–Crippen MR) is 72.7 cm³/mol. The molecular weight excluding hydrogens is 372 g/mol.